The first kappa shape index (κ1) is 21.8. The Morgan fingerprint density at radius 1 is 1.03 bits per heavy atom. The van der Waals surface area contributed by atoms with Crippen LogP contribution in [-0.2, 0) is 6.54 Å². The quantitative estimate of drug-likeness (QED) is 0.375. The van der Waals surface area contributed by atoms with Gasteiger partial charge in [0.1, 0.15) is 0 Å². The first-order chi connectivity index (χ1) is 14.6. The summed E-state index contributed by atoms with van der Waals surface area (Å²) in [6, 6.07) is 18.7. The number of hydrogen-bond acceptors (Lipinski definition) is 3. The van der Waals surface area contributed by atoms with Crippen molar-refractivity contribution in [1.82, 2.24) is 20.9 Å². The molecule has 3 N–H and O–H groups in total. The molecule has 1 heterocycles. The summed E-state index contributed by atoms with van der Waals surface area (Å²) in [7, 11) is 1.78. The van der Waals surface area contributed by atoms with E-state index in [4.69, 9.17) is 0 Å². The Morgan fingerprint density at radius 3 is 2.47 bits per heavy atom. The molecule has 1 saturated heterocycles. The normalized spacial score (nSPS) is 15.6. The van der Waals surface area contributed by atoms with Crippen LogP contribution in [0.1, 0.15) is 34.3 Å². The SMILES string of the molecule is CN=C(NCCNC(=O)c1cccc(C)c1)NC1CCN(Cc2ccccc2)CC1. The molecular weight excluding hydrogens is 374 g/mol. The Hall–Kier alpha value is -2.86. The van der Waals surface area contributed by atoms with Gasteiger partial charge in [0.05, 0.1) is 0 Å². The predicted molar refractivity (Wildman–Crippen MR) is 123 cm³/mol. The molecule has 0 spiro atoms. The molecular formula is C24H33N5O. The van der Waals surface area contributed by atoms with Crippen molar-refractivity contribution in [3.8, 4) is 0 Å². The van der Waals surface area contributed by atoms with Crippen LogP contribution in [0.3, 0.4) is 0 Å². The Bertz CT molecular complexity index is 828. The Kier molecular flexibility index (Phi) is 8.27. The maximum absolute atomic E-state index is 12.2. The van der Waals surface area contributed by atoms with Gasteiger partial charge in [-0.15, -0.1) is 0 Å². The summed E-state index contributed by atoms with van der Waals surface area (Å²) in [6.07, 6.45) is 2.19. The van der Waals surface area contributed by atoms with E-state index in [0.717, 1.165) is 44.0 Å². The van der Waals surface area contributed by atoms with Crippen molar-refractivity contribution in [3.63, 3.8) is 0 Å². The Morgan fingerprint density at radius 2 is 1.77 bits per heavy atom. The summed E-state index contributed by atoms with van der Waals surface area (Å²) < 4.78 is 0. The third-order valence-corrected chi connectivity index (χ3v) is 5.38. The number of amides is 1. The van der Waals surface area contributed by atoms with E-state index in [0.29, 0.717) is 24.7 Å². The fourth-order valence-electron chi connectivity index (χ4n) is 3.71. The van der Waals surface area contributed by atoms with Crippen LogP contribution in [0.15, 0.2) is 59.6 Å². The molecule has 2 aromatic rings. The lowest BCUT2D eigenvalue weighted by Gasteiger charge is -2.33. The highest BCUT2D eigenvalue weighted by Crippen LogP contribution is 2.13. The van der Waals surface area contributed by atoms with Gasteiger partial charge in [0.2, 0.25) is 0 Å². The number of likely N-dealkylation sites (tertiary alicyclic amines) is 1. The first-order valence-electron chi connectivity index (χ1n) is 10.7. The third kappa shape index (κ3) is 6.88. The second-order valence-corrected chi connectivity index (χ2v) is 7.80. The standard InChI is InChI=1S/C24H33N5O/c1-19-7-6-10-21(17-19)23(30)26-13-14-27-24(25-2)28-22-11-15-29(16-12-22)18-20-8-4-3-5-9-20/h3-10,17,22H,11-16,18H2,1-2H3,(H,26,30)(H2,25,27,28). The number of carbonyl (C=O) groups excluding carboxylic acids is 1. The monoisotopic (exact) mass is 407 g/mol. The van der Waals surface area contributed by atoms with Gasteiger partial charge >= 0.3 is 0 Å². The van der Waals surface area contributed by atoms with E-state index in [9.17, 15) is 4.79 Å². The van der Waals surface area contributed by atoms with E-state index < -0.39 is 0 Å². The molecule has 2 aromatic carbocycles. The van der Waals surface area contributed by atoms with Crippen LogP contribution < -0.4 is 16.0 Å². The van der Waals surface area contributed by atoms with Gasteiger partial charge in [0.25, 0.3) is 5.91 Å². The number of piperidine rings is 1. The van der Waals surface area contributed by atoms with Crippen molar-refractivity contribution in [2.45, 2.75) is 32.4 Å². The lowest BCUT2D eigenvalue weighted by Crippen LogP contribution is -2.49. The predicted octanol–water partition coefficient (Wildman–Crippen LogP) is 2.55. The van der Waals surface area contributed by atoms with E-state index in [1.807, 2.05) is 31.2 Å². The minimum absolute atomic E-state index is 0.0470. The second-order valence-electron chi connectivity index (χ2n) is 7.80. The molecule has 1 fully saturated rings. The van der Waals surface area contributed by atoms with Gasteiger partial charge in [-0.05, 0) is 37.5 Å². The van der Waals surface area contributed by atoms with E-state index in [1.54, 1.807) is 7.05 Å². The van der Waals surface area contributed by atoms with E-state index in [1.165, 1.54) is 5.56 Å². The van der Waals surface area contributed by atoms with Crippen LogP contribution in [0.5, 0.6) is 0 Å². The van der Waals surface area contributed by atoms with Crippen molar-refractivity contribution < 1.29 is 4.79 Å². The second kappa shape index (κ2) is 11.4. The molecule has 1 amide bonds. The maximum Gasteiger partial charge on any atom is 0.251 e. The van der Waals surface area contributed by atoms with E-state index in [-0.39, 0.29) is 5.91 Å². The third-order valence-electron chi connectivity index (χ3n) is 5.38. The molecule has 1 aliphatic heterocycles. The molecule has 0 aromatic heterocycles. The fraction of sp³-hybridized carbons (Fsp3) is 0.417. The number of hydrogen-bond donors (Lipinski definition) is 3. The van der Waals surface area contributed by atoms with E-state index >= 15 is 0 Å². The topological polar surface area (TPSA) is 68.8 Å². The van der Waals surface area contributed by atoms with Gasteiger partial charge in [-0.3, -0.25) is 14.7 Å². The average molecular weight is 408 g/mol. The molecule has 160 valence electrons. The number of aliphatic imine (C=N–C) groups is 1. The maximum atomic E-state index is 12.2. The largest absolute Gasteiger partial charge is 0.355 e. The van der Waals surface area contributed by atoms with Crippen molar-refractivity contribution in [2.75, 3.05) is 33.2 Å². The molecule has 6 nitrogen and oxygen atoms in total. The number of guanidine groups is 1. The van der Waals surface area contributed by atoms with Crippen molar-refractivity contribution in [1.29, 1.82) is 0 Å². The molecule has 1 aliphatic rings. The van der Waals surface area contributed by atoms with Crippen LogP contribution >= 0.6 is 0 Å². The lowest BCUT2D eigenvalue weighted by atomic mass is 10.0. The number of aryl methyl sites for hydroxylation is 1. The molecule has 0 atom stereocenters. The summed E-state index contributed by atoms with van der Waals surface area (Å²) in [5, 5.41) is 9.76. The van der Waals surface area contributed by atoms with Crippen molar-refractivity contribution in [2.24, 2.45) is 4.99 Å². The van der Waals surface area contributed by atoms with Gasteiger partial charge in [0.15, 0.2) is 5.96 Å². The van der Waals surface area contributed by atoms with Crippen LogP contribution in [0.25, 0.3) is 0 Å². The number of nitrogens with one attached hydrogen (secondary N) is 3. The van der Waals surface area contributed by atoms with Crippen LogP contribution in [0.2, 0.25) is 0 Å². The van der Waals surface area contributed by atoms with Gasteiger partial charge in [-0.2, -0.15) is 0 Å². The molecule has 6 heteroatoms. The average Bonchev–Trinajstić information content (AvgIpc) is 2.77. The fourth-order valence-corrected chi connectivity index (χ4v) is 3.71. The minimum Gasteiger partial charge on any atom is -0.355 e. The van der Waals surface area contributed by atoms with Gasteiger partial charge in [-0.1, -0.05) is 48.0 Å². The highest BCUT2D eigenvalue weighted by Gasteiger charge is 2.20. The van der Waals surface area contributed by atoms with E-state index in [2.05, 4.69) is 56.2 Å². The summed E-state index contributed by atoms with van der Waals surface area (Å²) in [6.45, 7) is 6.33. The summed E-state index contributed by atoms with van der Waals surface area (Å²) >= 11 is 0. The number of nitrogens with zero attached hydrogens (tertiary/aromatic N) is 2. The zero-order chi connectivity index (χ0) is 21.2. The Balaban J connectivity index is 1.33. The molecule has 0 saturated carbocycles. The first-order valence-corrected chi connectivity index (χ1v) is 10.7. The zero-order valence-electron chi connectivity index (χ0n) is 18.0. The summed E-state index contributed by atoms with van der Waals surface area (Å²) in [4.78, 5) is 19.0. The summed E-state index contributed by atoms with van der Waals surface area (Å²) in [5.41, 5.74) is 3.15. The minimum atomic E-state index is -0.0470. The van der Waals surface area contributed by atoms with Crippen LogP contribution in [0, 0.1) is 6.92 Å². The number of rotatable bonds is 7. The molecule has 3 rings (SSSR count). The van der Waals surface area contributed by atoms with Gasteiger partial charge < -0.3 is 16.0 Å². The van der Waals surface area contributed by atoms with Crippen LogP contribution in [-0.4, -0.2) is 56.0 Å². The van der Waals surface area contributed by atoms with Crippen molar-refractivity contribution in [3.05, 3.63) is 71.3 Å². The lowest BCUT2D eigenvalue weighted by molar-refractivity contribution is 0.0954. The Labute approximate surface area is 179 Å². The molecule has 0 aliphatic carbocycles. The molecule has 30 heavy (non-hydrogen) atoms. The highest BCUT2D eigenvalue weighted by molar-refractivity contribution is 5.94. The molecule has 0 unspecified atom stereocenters. The number of carbonyl (C=O) groups is 1. The van der Waals surface area contributed by atoms with Gasteiger partial charge in [-0.25, -0.2) is 0 Å². The number of benzene rings is 2. The molecule has 0 bridgehead atoms. The molecule has 0 radical (unpaired) electrons. The van der Waals surface area contributed by atoms with Crippen molar-refractivity contribution >= 4 is 11.9 Å². The van der Waals surface area contributed by atoms with Crippen LogP contribution in [0.4, 0.5) is 0 Å². The van der Waals surface area contributed by atoms with Gasteiger partial charge in [0, 0.05) is 51.4 Å². The summed E-state index contributed by atoms with van der Waals surface area (Å²) in [5.74, 6) is 0.746. The smallest absolute Gasteiger partial charge is 0.251 e. The highest BCUT2D eigenvalue weighted by atomic mass is 16.1. The zero-order valence-corrected chi connectivity index (χ0v) is 18.0.